The van der Waals surface area contributed by atoms with Gasteiger partial charge < -0.3 is 24.3 Å². The molecule has 0 saturated heterocycles. The lowest BCUT2D eigenvalue weighted by atomic mass is 10.1. The zero-order valence-corrected chi connectivity index (χ0v) is 12.1. The third-order valence-corrected chi connectivity index (χ3v) is 2.80. The first-order chi connectivity index (χ1) is 9.28. The Morgan fingerprint density at radius 2 is 1.68 bits per heavy atom. The molecule has 0 aromatic heterocycles. The van der Waals surface area contributed by atoms with Crippen molar-refractivity contribution in [1.82, 2.24) is 5.32 Å². The Kier molecular flexibility index (Phi) is 7.07. The van der Waals surface area contributed by atoms with Crippen LogP contribution in [0.5, 0.6) is 17.2 Å². The van der Waals surface area contributed by atoms with E-state index in [9.17, 15) is 0 Å². The molecular weight excluding hydrogens is 246 g/mol. The number of hydrogen-bond donors (Lipinski definition) is 1. The predicted octanol–water partition coefficient (Wildman–Crippen LogP) is 1.49. The Balaban J connectivity index is 2.72. The number of nitrogens with one attached hydrogen (secondary N) is 1. The van der Waals surface area contributed by atoms with Gasteiger partial charge in [-0.3, -0.25) is 0 Å². The number of benzene rings is 1. The van der Waals surface area contributed by atoms with E-state index in [2.05, 4.69) is 5.32 Å². The Bertz CT molecular complexity index is 382. The van der Waals surface area contributed by atoms with E-state index in [1.165, 1.54) is 0 Å². The zero-order valence-electron chi connectivity index (χ0n) is 12.1. The molecule has 1 rings (SSSR count). The summed E-state index contributed by atoms with van der Waals surface area (Å²) in [7, 11) is 6.74. The second-order valence-electron chi connectivity index (χ2n) is 3.96. The molecule has 0 radical (unpaired) electrons. The van der Waals surface area contributed by atoms with Crippen molar-refractivity contribution < 1.29 is 18.9 Å². The normalized spacial score (nSPS) is 10.3. The van der Waals surface area contributed by atoms with Crippen LogP contribution >= 0.6 is 0 Å². The van der Waals surface area contributed by atoms with E-state index in [-0.39, 0.29) is 0 Å². The van der Waals surface area contributed by atoms with E-state index in [0.29, 0.717) is 30.5 Å². The topological polar surface area (TPSA) is 49.0 Å². The molecule has 0 aliphatic rings. The van der Waals surface area contributed by atoms with Gasteiger partial charge in [0.1, 0.15) is 0 Å². The second kappa shape index (κ2) is 8.61. The highest BCUT2D eigenvalue weighted by atomic mass is 16.5. The third kappa shape index (κ3) is 4.29. The van der Waals surface area contributed by atoms with E-state index in [1.807, 2.05) is 19.2 Å². The first-order valence-electron chi connectivity index (χ1n) is 6.28. The number of methoxy groups -OCH3 is 3. The molecule has 0 bridgehead atoms. The minimum Gasteiger partial charge on any atom is -0.493 e. The van der Waals surface area contributed by atoms with Crippen LogP contribution in [0.2, 0.25) is 0 Å². The van der Waals surface area contributed by atoms with Gasteiger partial charge in [0.2, 0.25) is 5.75 Å². The Morgan fingerprint density at radius 1 is 0.947 bits per heavy atom. The highest BCUT2D eigenvalue weighted by Crippen LogP contribution is 2.39. The maximum Gasteiger partial charge on any atom is 0.203 e. The van der Waals surface area contributed by atoms with Gasteiger partial charge >= 0.3 is 0 Å². The second-order valence-corrected chi connectivity index (χ2v) is 3.96. The van der Waals surface area contributed by atoms with Gasteiger partial charge in [-0.15, -0.1) is 0 Å². The van der Waals surface area contributed by atoms with Gasteiger partial charge in [0.15, 0.2) is 11.5 Å². The molecule has 0 spiro atoms. The van der Waals surface area contributed by atoms with Gasteiger partial charge in [0.05, 0.1) is 34.5 Å². The van der Waals surface area contributed by atoms with Crippen LogP contribution < -0.4 is 19.5 Å². The van der Waals surface area contributed by atoms with Crippen LogP contribution in [-0.2, 0) is 11.2 Å². The van der Waals surface area contributed by atoms with Crippen LogP contribution in [-0.4, -0.2) is 48.1 Å². The van der Waals surface area contributed by atoms with Crippen molar-refractivity contribution in [2.45, 2.75) is 6.42 Å². The Labute approximate surface area is 114 Å². The predicted molar refractivity (Wildman–Crippen MR) is 74.5 cm³/mol. The lowest BCUT2D eigenvalue weighted by molar-refractivity contribution is 0.139. The molecule has 0 atom stereocenters. The Morgan fingerprint density at radius 3 is 2.26 bits per heavy atom. The van der Waals surface area contributed by atoms with Crippen molar-refractivity contribution in [3.8, 4) is 17.2 Å². The quantitative estimate of drug-likeness (QED) is 0.688. The maximum absolute atomic E-state index is 5.52. The monoisotopic (exact) mass is 269 g/mol. The standard InChI is InChI=1S/C14H23NO4/c1-15-8-10-19-9-7-11-5-6-12(16-2)14(18-4)13(11)17-3/h5-6,15H,7-10H2,1-4H3. The van der Waals surface area contributed by atoms with Crippen LogP contribution in [0, 0.1) is 0 Å². The molecule has 108 valence electrons. The van der Waals surface area contributed by atoms with Crippen LogP contribution in [0.15, 0.2) is 12.1 Å². The highest BCUT2D eigenvalue weighted by Gasteiger charge is 2.15. The smallest absolute Gasteiger partial charge is 0.203 e. The summed E-state index contributed by atoms with van der Waals surface area (Å²) in [6, 6.07) is 3.85. The molecule has 0 saturated carbocycles. The summed E-state index contributed by atoms with van der Waals surface area (Å²) in [6.07, 6.45) is 0.771. The molecule has 1 aromatic rings. The van der Waals surface area contributed by atoms with Crippen molar-refractivity contribution in [2.75, 3.05) is 48.1 Å². The van der Waals surface area contributed by atoms with E-state index in [0.717, 1.165) is 18.5 Å². The highest BCUT2D eigenvalue weighted by molar-refractivity contribution is 5.55. The van der Waals surface area contributed by atoms with Crippen molar-refractivity contribution in [2.24, 2.45) is 0 Å². The van der Waals surface area contributed by atoms with Gasteiger partial charge in [0, 0.05) is 12.1 Å². The Hall–Kier alpha value is -1.46. The summed E-state index contributed by atoms with van der Waals surface area (Å²) in [6.45, 7) is 2.20. The molecule has 0 aliphatic carbocycles. The van der Waals surface area contributed by atoms with Crippen LogP contribution in [0.3, 0.4) is 0 Å². The number of likely N-dealkylation sites (N-methyl/N-ethyl adjacent to an activating group) is 1. The number of ether oxygens (including phenoxy) is 4. The molecule has 0 unspecified atom stereocenters. The van der Waals surface area contributed by atoms with Gasteiger partial charge in [0.25, 0.3) is 0 Å². The number of rotatable bonds is 9. The minimum absolute atomic E-state index is 0.623. The molecule has 19 heavy (non-hydrogen) atoms. The SMILES string of the molecule is CNCCOCCc1ccc(OC)c(OC)c1OC. The van der Waals surface area contributed by atoms with E-state index in [1.54, 1.807) is 21.3 Å². The van der Waals surface area contributed by atoms with Crippen LogP contribution in [0.25, 0.3) is 0 Å². The molecule has 0 fully saturated rings. The fourth-order valence-corrected chi connectivity index (χ4v) is 1.82. The van der Waals surface area contributed by atoms with E-state index in [4.69, 9.17) is 18.9 Å². The lowest BCUT2D eigenvalue weighted by Gasteiger charge is -2.15. The first kappa shape index (κ1) is 15.6. The molecule has 1 N–H and O–H groups in total. The summed E-state index contributed by atoms with van der Waals surface area (Å²) in [4.78, 5) is 0. The zero-order chi connectivity index (χ0) is 14.1. The fraction of sp³-hybridized carbons (Fsp3) is 0.571. The lowest BCUT2D eigenvalue weighted by Crippen LogP contribution is -2.15. The van der Waals surface area contributed by atoms with Crippen LogP contribution in [0.4, 0.5) is 0 Å². The molecule has 0 aliphatic heterocycles. The van der Waals surface area contributed by atoms with E-state index >= 15 is 0 Å². The van der Waals surface area contributed by atoms with Crippen LogP contribution in [0.1, 0.15) is 5.56 Å². The average Bonchev–Trinajstić information content (AvgIpc) is 2.45. The average molecular weight is 269 g/mol. The van der Waals surface area contributed by atoms with Gasteiger partial charge in [-0.2, -0.15) is 0 Å². The minimum atomic E-state index is 0.623. The van der Waals surface area contributed by atoms with Gasteiger partial charge in [-0.1, -0.05) is 6.07 Å². The first-order valence-corrected chi connectivity index (χ1v) is 6.28. The van der Waals surface area contributed by atoms with E-state index < -0.39 is 0 Å². The molecule has 0 amide bonds. The molecule has 5 heteroatoms. The van der Waals surface area contributed by atoms with Crippen molar-refractivity contribution in [3.05, 3.63) is 17.7 Å². The summed E-state index contributed by atoms with van der Waals surface area (Å²) in [5.41, 5.74) is 1.05. The largest absolute Gasteiger partial charge is 0.493 e. The van der Waals surface area contributed by atoms with Crippen molar-refractivity contribution in [3.63, 3.8) is 0 Å². The maximum atomic E-state index is 5.52. The third-order valence-electron chi connectivity index (χ3n) is 2.80. The molecular formula is C14H23NO4. The summed E-state index contributed by atoms with van der Waals surface area (Å²) in [5, 5.41) is 3.04. The van der Waals surface area contributed by atoms with Crippen molar-refractivity contribution in [1.29, 1.82) is 0 Å². The van der Waals surface area contributed by atoms with Gasteiger partial charge in [-0.25, -0.2) is 0 Å². The molecule has 0 heterocycles. The molecule has 1 aromatic carbocycles. The van der Waals surface area contributed by atoms with Crippen molar-refractivity contribution >= 4 is 0 Å². The summed E-state index contributed by atoms with van der Waals surface area (Å²) < 4.78 is 21.5. The summed E-state index contributed by atoms with van der Waals surface area (Å²) >= 11 is 0. The molecule has 5 nitrogen and oxygen atoms in total. The summed E-state index contributed by atoms with van der Waals surface area (Å²) in [5.74, 6) is 2.00. The number of hydrogen-bond acceptors (Lipinski definition) is 5. The van der Waals surface area contributed by atoms with Gasteiger partial charge in [-0.05, 0) is 19.5 Å². The fourth-order valence-electron chi connectivity index (χ4n) is 1.82.